The van der Waals surface area contributed by atoms with E-state index in [-0.39, 0.29) is 11.7 Å². The van der Waals surface area contributed by atoms with Crippen LogP contribution in [0.2, 0.25) is 0 Å². The molecule has 0 spiro atoms. The summed E-state index contributed by atoms with van der Waals surface area (Å²) in [5.41, 5.74) is 1.30. The topological polar surface area (TPSA) is 67.2 Å². The van der Waals surface area contributed by atoms with E-state index < -0.39 is 11.7 Å². The van der Waals surface area contributed by atoms with E-state index >= 15 is 0 Å². The van der Waals surface area contributed by atoms with Crippen LogP contribution in [-0.2, 0) is 12.7 Å². The van der Waals surface area contributed by atoms with E-state index in [0.717, 1.165) is 31.9 Å². The summed E-state index contributed by atoms with van der Waals surface area (Å²) in [6.45, 7) is 5.20. The van der Waals surface area contributed by atoms with Crippen LogP contribution >= 0.6 is 0 Å². The molecule has 31 heavy (non-hydrogen) atoms. The normalized spacial score (nSPS) is 15.3. The summed E-state index contributed by atoms with van der Waals surface area (Å²) in [5, 5.41) is 4.17. The second kappa shape index (κ2) is 8.46. The van der Waals surface area contributed by atoms with Crippen LogP contribution in [-0.4, -0.2) is 61.6 Å². The lowest BCUT2D eigenvalue weighted by Gasteiger charge is -2.34. The van der Waals surface area contributed by atoms with E-state index in [9.17, 15) is 18.0 Å². The molecular formula is C21H21F3N6O. The molecule has 7 nitrogen and oxygen atoms in total. The molecule has 1 fully saturated rings. The Morgan fingerprint density at radius 1 is 1.03 bits per heavy atom. The van der Waals surface area contributed by atoms with Crippen molar-refractivity contribution in [1.29, 1.82) is 0 Å². The van der Waals surface area contributed by atoms with Crippen LogP contribution < -0.4 is 0 Å². The van der Waals surface area contributed by atoms with E-state index in [4.69, 9.17) is 0 Å². The smallest absolute Gasteiger partial charge is 0.336 e. The predicted octanol–water partition coefficient (Wildman–Crippen LogP) is 2.95. The SMILES string of the molecule is Cc1c(C(=O)N2CCN(Cc3ccncc3)CC2)cnn1-c1ccc(C(F)(F)F)cn1. The highest BCUT2D eigenvalue weighted by Crippen LogP contribution is 2.29. The standard InChI is InChI=1S/C21H21F3N6O/c1-15-18(13-27-30(15)19-3-2-17(12-26-19)21(22,23)24)20(31)29-10-8-28(9-11-29)14-16-4-6-25-7-5-16/h2-7,12-13H,8-11,14H2,1H3. The van der Waals surface area contributed by atoms with Gasteiger partial charge in [-0.3, -0.25) is 14.7 Å². The number of rotatable bonds is 4. The summed E-state index contributed by atoms with van der Waals surface area (Å²) in [6.07, 6.45) is 1.29. The van der Waals surface area contributed by atoms with Crippen molar-refractivity contribution in [3.63, 3.8) is 0 Å². The molecule has 10 heteroatoms. The van der Waals surface area contributed by atoms with Crippen LogP contribution in [0.15, 0.2) is 49.1 Å². The van der Waals surface area contributed by atoms with Gasteiger partial charge in [0.1, 0.15) is 0 Å². The van der Waals surface area contributed by atoms with E-state index in [2.05, 4.69) is 20.0 Å². The van der Waals surface area contributed by atoms with Gasteiger partial charge >= 0.3 is 6.18 Å². The van der Waals surface area contributed by atoms with E-state index in [0.29, 0.717) is 24.3 Å². The first kappa shape index (κ1) is 21.0. The number of alkyl halides is 3. The predicted molar refractivity (Wildman–Crippen MR) is 107 cm³/mol. The minimum absolute atomic E-state index is 0.140. The zero-order valence-corrected chi connectivity index (χ0v) is 16.9. The van der Waals surface area contributed by atoms with Gasteiger partial charge in [0.05, 0.1) is 23.0 Å². The first-order chi connectivity index (χ1) is 14.8. The molecule has 162 valence electrons. The van der Waals surface area contributed by atoms with Crippen LogP contribution in [0.3, 0.4) is 0 Å². The lowest BCUT2D eigenvalue weighted by atomic mass is 10.2. The van der Waals surface area contributed by atoms with Crippen molar-refractivity contribution in [3.8, 4) is 5.82 Å². The Morgan fingerprint density at radius 3 is 2.35 bits per heavy atom. The maximum Gasteiger partial charge on any atom is 0.417 e. The molecule has 0 aliphatic carbocycles. The number of aromatic nitrogens is 4. The van der Waals surface area contributed by atoms with Crippen LogP contribution in [0, 0.1) is 6.92 Å². The molecular weight excluding hydrogens is 409 g/mol. The van der Waals surface area contributed by atoms with Gasteiger partial charge in [-0.25, -0.2) is 9.67 Å². The van der Waals surface area contributed by atoms with Gasteiger partial charge in [0, 0.05) is 51.3 Å². The lowest BCUT2D eigenvalue weighted by Crippen LogP contribution is -2.48. The molecule has 1 aliphatic heterocycles. The quantitative estimate of drug-likeness (QED) is 0.637. The van der Waals surface area contributed by atoms with Crippen molar-refractivity contribution in [2.45, 2.75) is 19.6 Å². The van der Waals surface area contributed by atoms with Crippen LogP contribution in [0.5, 0.6) is 0 Å². The van der Waals surface area contributed by atoms with Crippen molar-refractivity contribution < 1.29 is 18.0 Å². The summed E-state index contributed by atoms with van der Waals surface area (Å²) in [5.74, 6) is 0.0888. The fourth-order valence-electron chi connectivity index (χ4n) is 3.56. The Balaban J connectivity index is 1.41. The van der Waals surface area contributed by atoms with Gasteiger partial charge in [-0.1, -0.05) is 0 Å². The molecule has 3 aromatic heterocycles. The molecule has 4 rings (SSSR count). The molecule has 0 radical (unpaired) electrons. The maximum absolute atomic E-state index is 13.0. The van der Waals surface area contributed by atoms with E-state index in [1.807, 2.05) is 12.1 Å². The Morgan fingerprint density at radius 2 is 1.74 bits per heavy atom. The highest BCUT2D eigenvalue weighted by Gasteiger charge is 2.31. The number of hydrogen-bond donors (Lipinski definition) is 0. The number of carbonyl (C=O) groups is 1. The summed E-state index contributed by atoms with van der Waals surface area (Å²) in [6, 6.07) is 6.15. The third-order valence-electron chi connectivity index (χ3n) is 5.35. The van der Waals surface area contributed by atoms with Crippen molar-refractivity contribution in [2.75, 3.05) is 26.2 Å². The van der Waals surface area contributed by atoms with Crippen LogP contribution in [0.4, 0.5) is 13.2 Å². The highest BCUT2D eigenvalue weighted by atomic mass is 19.4. The molecule has 0 unspecified atom stereocenters. The Labute approximate surface area is 177 Å². The van der Waals surface area contributed by atoms with Gasteiger partial charge in [0.25, 0.3) is 5.91 Å². The first-order valence-corrected chi connectivity index (χ1v) is 9.82. The van der Waals surface area contributed by atoms with Crippen LogP contribution in [0.25, 0.3) is 5.82 Å². The van der Waals surface area contributed by atoms with Gasteiger partial charge in [0.15, 0.2) is 5.82 Å². The number of halogens is 3. The molecule has 0 bridgehead atoms. The molecule has 3 aromatic rings. The van der Waals surface area contributed by atoms with Gasteiger partial charge in [0.2, 0.25) is 0 Å². The zero-order chi connectivity index (χ0) is 22.0. The molecule has 0 aromatic carbocycles. The minimum atomic E-state index is -4.45. The monoisotopic (exact) mass is 430 g/mol. The number of hydrogen-bond acceptors (Lipinski definition) is 5. The molecule has 1 aliphatic rings. The molecule has 0 atom stereocenters. The third kappa shape index (κ3) is 4.58. The van der Waals surface area contributed by atoms with Gasteiger partial charge < -0.3 is 4.90 Å². The molecule has 1 saturated heterocycles. The molecule has 4 heterocycles. The van der Waals surface area contributed by atoms with Crippen molar-refractivity contribution in [3.05, 3.63) is 71.4 Å². The summed E-state index contributed by atoms with van der Waals surface area (Å²) < 4.78 is 39.6. The second-order valence-electron chi connectivity index (χ2n) is 7.38. The lowest BCUT2D eigenvalue weighted by molar-refractivity contribution is -0.137. The number of carbonyl (C=O) groups excluding carboxylic acids is 1. The number of piperazine rings is 1. The number of nitrogens with zero attached hydrogens (tertiary/aromatic N) is 6. The van der Waals surface area contributed by atoms with Gasteiger partial charge in [-0.15, -0.1) is 0 Å². The average Bonchev–Trinajstić information content (AvgIpc) is 3.15. The van der Waals surface area contributed by atoms with Crippen LogP contribution in [0.1, 0.15) is 27.2 Å². The third-order valence-corrected chi connectivity index (χ3v) is 5.35. The maximum atomic E-state index is 13.0. The second-order valence-corrected chi connectivity index (χ2v) is 7.38. The van der Waals surface area contributed by atoms with Crippen molar-refractivity contribution >= 4 is 5.91 Å². The van der Waals surface area contributed by atoms with Gasteiger partial charge in [-0.2, -0.15) is 18.3 Å². The first-order valence-electron chi connectivity index (χ1n) is 9.82. The Bertz CT molecular complexity index is 1040. The molecule has 1 amide bonds. The van der Waals surface area contributed by atoms with Gasteiger partial charge in [-0.05, 0) is 36.8 Å². The van der Waals surface area contributed by atoms with Crippen molar-refractivity contribution in [2.24, 2.45) is 0 Å². The van der Waals surface area contributed by atoms with Crippen molar-refractivity contribution in [1.82, 2.24) is 29.5 Å². The Hall–Kier alpha value is -3.27. The van der Waals surface area contributed by atoms with E-state index in [1.165, 1.54) is 22.5 Å². The summed E-state index contributed by atoms with van der Waals surface area (Å²) in [4.78, 5) is 24.9. The zero-order valence-electron chi connectivity index (χ0n) is 16.9. The summed E-state index contributed by atoms with van der Waals surface area (Å²) in [7, 11) is 0. The minimum Gasteiger partial charge on any atom is -0.336 e. The fraction of sp³-hybridized carbons (Fsp3) is 0.333. The molecule has 0 N–H and O–H groups in total. The highest BCUT2D eigenvalue weighted by molar-refractivity contribution is 5.95. The number of amides is 1. The summed E-state index contributed by atoms with van der Waals surface area (Å²) >= 11 is 0. The Kier molecular flexibility index (Phi) is 5.73. The average molecular weight is 430 g/mol. The largest absolute Gasteiger partial charge is 0.417 e. The fourth-order valence-corrected chi connectivity index (χ4v) is 3.56. The molecule has 0 saturated carbocycles. The number of pyridine rings is 2. The van der Waals surface area contributed by atoms with E-state index in [1.54, 1.807) is 24.2 Å².